The van der Waals surface area contributed by atoms with Gasteiger partial charge in [0.15, 0.2) is 0 Å². The summed E-state index contributed by atoms with van der Waals surface area (Å²) in [6.07, 6.45) is -1.94. The fourth-order valence-corrected chi connectivity index (χ4v) is 0.961. The van der Waals surface area contributed by atoms with Gasteiger partial charge in [0.25, 0.3) is 0 Å². The first-order valence-electron chi connectivity index (χ1n) is 8.83. The first-order valence-corrected chi connectivity index (χ1v) is 8.83. The molecule has 0 fully saturated rings. The molecule has 29 heavy (non-hydrogen) atoms. The smallest absolute Gasteiger partial charge is 0.0792 e. The molecule has 0 aromatic heterocycles. The van der Waals surface area contributed by atoms with Crippen molar-refractivity contribution in [2.45, 2.75) is 50.1 Å². The molecule has 0 saturated carbocycles. The van der Waals surface area contributed by atoms with E-state index in [1.807, 2.05) is 0 Å². The van der Waals surface area contributed by atoms with Gasteiger partial charge in [0, 0.05) is 48.1 Å². The molecule has 4 unspecified atom stereocenters. The van der Waals surface area contributed by atoms with Crippen LogP contribution in [0.15, 0.2) is 0 Å². The molecule has 0 radical (unpaired) electrons. The third kappa shape index (κ3) is 47.5. The van der Waals surface area contributed by atoms with Crippen molar-refractivity contribution in [1.29, 1.82) is 0 Å². The Morgan fingerprint density at radius 3 is 0.517 bits per heavy atom. The maximum atomic E-state index is 8.45. The summed E-state index contributed by atoms with van der Waals surface area (Å²) < 4.78 is 0. The summed E-state index contributed by atoms with van der Waals surface area (Å²) in [4.78, 5) is 0. The Bertz CT molecular complexity index is 206. The van der Waals surface area contributed by atoms with Crippen molar-refractivity contribution in [3.8, 4) is 0 Å². The van der Waals surface area contributed by atoms with Crippen molar-refractivity contribution in [3.05, 3.63) is 0 Å². The van der Waals surface area contributed by atoms with E-state index in [0.29, 0.717) is 0 Å². The average molecular weight is 472 g/mol. The first kappa shape index (κ1) is 39.7. The van der Waals surface area contributed by atoms with Crippen molar-refractivity contribution in [2.24, 2.45) is 0 Å². The van der Waals surface area contributed by atoms with Gasteiger partial charge in [-0.25, -0.2) is 0 Å². The summed E-state index contributed by atoms with van der Waals surface area (Å²) in [5.74, 6) is 0. The van der Waals surface area contributed by atoms with Gasteiger partial charge in [0.2, 0.25) is 0 Å². The number of aliphatic hydroxyl groups is 12. The quantitative estimate of drug-likeness (QED) is 0.119. The van der Waals surface area contributed by atoms with E-state index in [2.05, 4.69) is 0 Å². The molecule has 0 spiro atoms. The number of aliphatic hydroxyl groups excluding tert-OH is 12. The zero-order valence-electron chi connectivity index (χ0n) is 16.7. The first-order chi connectivity index (χ1) is 13.2. The Kier molecular flexibility index (Phi) is 48.8. The minimum absolute atomic E-state index is 0. The minimum Gasteiger partial charge on any atom is -0.396 e. The molecule has 0 aliphatic carbocycles. The Morgan fingerprint density at radius 1 is 0.345 bits per heavy atom. The van der Waals surface area contributed by atoms with Crippen molar-refractivity contribution >= 4 is 0 Å². The molecule has 4 atom stereocenters. The molecule has 0 bridgehead atoms. The molecule has 0 rings (SSSR count). The van der Waals surface area contributed by atoms with E-state index in [1.54, 1.807) is 0 Å². The molecule has 0 aromatic carbocycles. The summed E-state index contributed by atoms with van der Waals surface area (Å²) in [6, 6.07) is 0. The van der Waals surface area contributed by atoms with Crippen molar-refractivity contribution < 1.29 is 83.0 Å². The van der Waals surface area contributed by atoms with Gasteiger partial charge in [-0.15, -0.1) is 0 Å². The Morgan fingerprint density at radius 2 is 0.483 bits per heavy atom. The second-order valence-corrected chi connectivity index (χ2v) is 5.39. The van der Waals surface area contributed by atoms with E-state index in [0.717, 1.165) is 0 Å². The van der Waals surface area contributed by atoms with E-state index < -0.39 is 24.4 Å². The van der Waals surface area contributed by atoms with Crippen molar-refractivity contribution in [1.82, 2.24) is 0 Å². The maximum absolute atomic E-state index is 8.45. The average Bonchev–Trinajstić information content (AvgIpc) is 2.70. The van der Waals surface area contributed by atoms with Crippen LogP contribution in [-0.4, -0.2) is 139 Å². The number of hydrogen-bond donors (Lipinski definition) is 12. The number of hydrogen-bond acceptors (Lipinski definition) is 12. The van der Waals surface area contributed by atoms with Gasteiger partial charge in [-0.3, -0.25) is 0 Å². The predicted molar refractivity (Wildman–Crippen MR) is 99.2 cm³/mol. The fraction of sp³-hybridized carbons (Fsp3) is 1.00. The molecule has 0 heterocycles. The van der Waals surface area contributed by atoms with Gasteiger partial charge in [-0.1, -0.05) is 0 Å². The van der Waals surface area contributed by atoms with Crippen LogP contribution in [-0.2, 0) is 21.7 Å². The molecule has 0 aliphatic rings. The van der Waals surface area contributed by atoms with E-state index in [4.69, 9.17) is 61.3 Å². The molecular weight excluding hydrogens is 432 g/mol. The number of rotatable bonds is 12. The molecular formula is C16H40O12Ti. The third-order valence-corrected chi connectivity index (χ3v) is 2.69. The van der Waals surface area contributed by atoms with Gasteiger partial charge < -0.3 is 61.3 Å². The molecule has 0 aliphatic heterocycles. The molecule has 0 amide bonds. The van der Waals surface area contributed by atoms with Gasteiger partial charge >= 0.3 is 0 Å². The summed E-state index contributed by atoms with van der Waals surface area (Å²) in [5.41, 5.74) is 0. The molecule has 13 heteroatoms. The van der Waals surface area contributed by atoms with Crippen LogP contribution in [0.5, 0.6) is 0 Å². The van der Waals surface area contributed by atoms with Crippen LogP contribution in [0.4, 0.5) is 0 Å². The standard InChI is InChI=1S/4C4H10O3.Ti/c4*5-2-1-4(7)3-6;/h4*4-7H,1-3H2;. The van der Waals surface area contributed by atoms with E-state index in [-0.39, 0.29) is 100 Å². The van der Waals surface area contributed by atoms with Crippen LogP contribution in [0.3, 0.4) is 0 Å². The fourth-order valence-electron chi connectivity index (χ4n) is 0.961. The molecule has 0 aromatic rings. The van der Waals surface area contributed by atoms with Crippen LogP contribution < -0.4 is 0 Å². The van der Waals surface area contributed by atoms with E-state index >= 15 is 0 Å². The largest absolute Gasteiger partial charge is 0.396 e. The van der Waals surface area contributed by atoms with Crippen molar-refractivity contribution in [3.63, 3.8) is 0 Å². The van der Waals surface area contributed by atoms with Crippen LogP contribution >= 0.6 is 0 Å². The van der Waals surface area contributed by atoms with E-state index in [1.165, 1.54) is 0 Å². The predicted octanol–water partition coefficient (Wildman–Crippen LogP) is -5.11. The van der Waals surface area contributed by atoms with Gasteiger partial charge in [-0.05, 0) is 25.7 Å². The zero-order valence-corrected chi connectivity index (χ0v) is 18.2. The second kappa shape index (κ2) is 35.7. The summed E-state index contributed by atoms with van der Waals surface area (Å²) >= 11 is 0. The molecule has 12 nitrogen and oxygen atoms in total. The maximum Gasteiger partial charge on any atom is 0.0792 e. The van der Waals surface area contributed by atoms with Gasteiger partial charge in [0.1, 0.15) is 0 Å². The summed E-state index contributed by atoms with van der Waals surface area (Å²) in [5, 5.41) is 98.6. The minimum atomic E-state index is -0.745. The summed E-state index contributed by atoms with van der Waals surface area (Å²) in [7, 11) is 0. The monoisotopic (exact) mass is 472 g/mol. The third-order valence-electron chi connectivity index (χ3n) is 2.69. The van der Waals surface area contributed by atoms with E-state index in [9.17, 15) is 0 Å². The van der Waals surface area contributed by atoms with Crippen LogP contribution in [0.2, 0.25) is 0 Å². The van der Waals surface area contributed by atoms with Gasteiger partial charge in [0.05, 0.1) is 50.8 Å². The van der Waals surface area contributed by atoms with Crippen LogP contribution in [0.25, 0.3) is 0 Å². The second-order valence-electron chi connectivity index (χ2n) is 5.39. The SMILES string of the molecule is OCCC(O)CO.OCCC(O)CO.OCCC(O)CO.OCCC(O)CO.[Ti]. The summed E-state index contributed by atoms with van der Waals surface area (Å²) in [6.45, 7) is -1.32. The van der Waals surface area contributed by atoms with Crippen LogP contribution in [0.1, 0.15) is 25.7 Å². The van der Waals surface area contributed by atoms with Gasteiger partial charge in [-0.2, -0.15) is 0 Å². The molecule has 180 valence electrons. The topological polar surface area (TPSA) is 243 Å². The normalized spacial score (nSPS) is 13.7. The Labute approximate surface area is 186 Å². The Balaban J connectivity index is -0.0000000873. The Hall–Kier alpha value is 0.234. The zero-order chi connectivity index (χ0) is 22.8. The molecule has 0 saturated heterocycles. The molecule has 12 N–H and O–H groups in total. The van der Waals surface area contributed by atoms with Crippen molar-refractivity contribution in [2.75, 3.05) is 52.9 Å². The van der Waals surface area contributed by atoms with Crippen LogP contribution in [0, 0.1) is 0 Å².